The molecule has 1 unspecified atom stereocenters. The maximum Gasteiger partial charge on any atom is 0.416 e. The molecule has 0 amide bonds. The van der Waals surface area contributed by atoms with Crippen molar-refractivity contribution < 1.29 is 13.2 Å². The van der Waals surface area contributed by atoms with E-state index in [1.165, 1.54) is 12.1 Å². The Hall–Kier alpha value is -1.51. The highest BCUT2D eigenvalue weighted by molar-refractivity contribution is 5.75. The third kappa shape index (κ3) is 2.84. The molecule has 1 atom stereocenters. The number of allylic oxidation sites excluding steroid dienone is 4. The van der Waals surface area contributed by atoms with Crippen LogP contribution in [0.25, 0.3) is 5.57 Å². The first-order valence-electron chi connectivity index (χ1n) is 6.06. The van der Waals surface area contributed by atoms with Gasteiger partial charge >= 0.3 is 6.18 Å². The van der Waals surface area contributed by atoms with E-state index in [9.17, 15) is 13.2 Å². The van der Waals surface area contributed by atoms with Crippen molar-refractivity contribution in [1.29, 1.82) is 0 Å². The molecule has 0 bridgehead atoms. The molecule has 0 radical (unpaired) electrons. The highest BCUT2D eigenvalue weighted by atomic mass is 19.4. The first-order chi connectivity index (χ1) is 8.50. The Morgan fingerprint density at radius 3 is 2.28 bits per heavy atom. The lowest BCUT2D eigenvalue weighted by Gasteiger charge is -2.15. The lowest BCUT2D eigenvalue weighted by molar-refractivity contribution is -0.137. The molecule has 1 aliphatic carbocycles. The van der Waals surface area contributed by atoms with E-state index in [0.29, 0.717) is 5.92 Å². The average Bonchev–Trinajstić information content (AvgIpc) is 2.38. The second kappa shape index (κ2) is 5.01. The first kappa shape index (κ1) is 12.9. The third-order valence-electron chi connectivity index (χ3n) is 3.26. The Balaban J connectivity index is 2.17. The van der Waals surface area contributed by atoms with Crippen LogP contribution in [0.2, 0.25) is 0 Å². The quantitative estimate of drug-likeness (QED) is 0.689. The fourth-order valence-corrected chi connectivity index (χ4v) is 2.03. The van der Waals surface area contributed by atoms with Gasteiger partial charge in [0.1, 0.15) is 0 Å². The van der Waals surface area contributed by atoms with Crippen molar-refractivity contribution in [1.82, 2.24) is 0 Å². The lowest BCUT2D eigenvalue weighted by Crippen LogP contribution is -2.04. The van der Waals surface area contributed by atoms with Gasteiger partial charge in [0.25, 0.3) is 0 Å². The molecule has 18 heavy (non-hydrogen) atoms. The van der Waals surface area contributed by atoms with Gasteiger partial charge in [-0.25, -0.2) is 0 Å². The minimum absolute atomic E-state index is 0.559. The van der Waals surface area contributed by atoms with Crippen LogP contribution < -0.4 is 0 Å². The fraction of sp³-hybridized carbons (Fsp3) is 0.333. The summed E-state index contributed by atoms with van der Waals surface area (Å²) < 4.78 is 37.3. The van der Waals surface area contributed by atoms with E-state index < -0.39 is 11.7 Å². The number of halogens is 3. The van der Waals surface area contributed by atoms with E-state index in [-0.39, 0.29) is 0 Å². The normalized spacial score (nSPS) is 19.8. The standard InChI is InChI=1S/C15H15F3/c1-2-11-3-5-12(6-4-11)13-7-9-14(10-8-13)15(16,17)18/h3,5-11H,2,4H2,1H3. The average molecular weight is 252 g/mol. The highest BCUT2D eigenvalue weighted by Gasteiger charge is 2.29. The van der Waals surface area contributed by atoms with E-state index in [0.717, 1.165) is 36.1 Å². The van der Waals surface area contributed by atoms with E-state index in [1.807, 2.05) is 6.08 Å². The van der Waals surface area contributed by atoms with Gasteiger partial charge in [0.15, 0.2) is 0 Å². The summed E-state index contributed by atoms with van der Waals surface area (Å²) in [5.41, 5.74) is 1.25. The Kier molecular flexibility index (Phi) is 3.60. The monoisotopic (exact) mass is 252 g/mol. The van der Waals surface area contributed by atoms with Crippen molar-refractivity contribution in [3.8, 4) is 0 Å². The molecule has 3 heteroatoms. The summed E-state index contributed by atoms with van der Waals surface area (Å²) in [4.78, 5) is 0. The van der Waals surface area contributed by atoms with Crippen LogP contribution in [0, 0.1) is 5.92 Å². The molecular formula is C15H15F3. The van der Waals surface area contributed by atoms with Crippen molar-refractivity contribution in [3.05, 3.63) is 53.6 Å². The first-order valence-corrected chi connectivity index (χ1v) is 6.06. The van der Waals surface area contributed by atoms with Crippen LogP contribution in [0.15, 0.2) is 42.5 Å². The zero-order chi connectivity index (χ0) is 13.2. The zero-order valence-electron chi connectivity index (χ0n) is 10.2. The molecule has 0 nitrogen and oxygen atoms in total. The van der Waals surface area contributed by atoms with Crippen LogP contribution in [-0.4, -0.2) is 0 Å². The van der Waals surface area contributed by atoms with Crippen LogP contribution in [0.5, 0.6) is 0 Å². The maximum atomic E-state index is 12.4. The summed E-state index contributed by atoms with van der Waals surface area (Å²) in [6.07, 6.45) is 4.02. The number of benzene rings is 1. The number of hydrogen-bond acceptors (Lipinski definition) is 0. The summed E-state index contributed by atoms with van der Waals surface area (Å²) in [5, 5.41) is 0. The second-order valence-electron chi connectivity index (χ2n) is 4.50. The van der Waals surface area contributed by atoms with Crippen LogP contribution in [-0.2, 0) is 6.18 Å². The molecule has 0 spiro atoms. The summed E-state index contributed by atoms with van der Waals surface area (Å²) in [5.74, 6) is 0.559. The van der Waals surface area contributed by atoms with Crippen molar-refractivity contribution in [2.45, 2.75) is 25.9 Å². The van der Waals surface area contributed by atoms with Gasteiger partial charge in [0.05, 0.1) is 5.56 Å². The Labute approximate surface area is 105 Å². The van der Waals surface area contributed by atoms with Crippen molar-refractivity contribution in [3.63, 3.8) is 0 Å². The van der Waals surface area contributed by atoms with Gasteiger partial charge in [-0.1, -0.05) is 37.3 Å². The smallest absolute Gasteiger partial charge is 0.166 e. The van der Waals surface area contributed by atoms with E-state index in [1.54, 1.807) is 0 Å². The largest absolute Gasteiger partial charge is 0.416 e. The van der Waals surface area contributed by atoms with Gasteiger partial charge in [0, 0.05) is 0 Å². The molecule has 0 saturated carbocycles. The molecule has 0 saturated heterocycles. The molecule has 1 aromatic carbocycles. The maximum absolute atomic E-state index is 12.4. The molecule has 0 heterocycles. The van der Waals surface area contributed by atoms with Crippen LogP contribution in [0.1, 0.15) is 30.9 Å². The SMILES string of the molecule is CCC1C=CC(c2ccc(C(F)(F)F)cc2)=CC1. The molecule has 96 valence electrons. The van der Waals surface area contributed by atoms with Crippen molar-refractivity contribution in [2.75, 3.05) is 0 Å². The number of hydrogen-bond donors (Lipinski definition) is 0. The second-order valence-corrected chi connectivity index (χ2v) is 4.50. The molecule has 1 aromatic rings. The van der Waals surface area contributed by atoms with Crippen molar-refractivity contribution in [2.24, 2.45) is 5.92 Å². The predicted octanol–water partition coefficient (Wildman–Crippen LogP) is 5.07. The van der Waals surface area contributed by atoms with Crippen LogP contribution in [0.4, 0.5) is 13.2 Å². The molecule has 1 aliphatic rings. The number of rotatable bonds is 2. The Bertz CT molecular complexity index is 464. The highest BCUT2D eigenvalue weighted by Crippen LogP contribution is 2.31. The molecule has 0 aliphatic heterocycles. The molecule has 0 N–H and O–H groups in total. The third-order valence-corrected chi connectivity index (χ3v) is 3.26. The predicted molar refractivity (Wildman–Crippen MR) is 67.0 cm³/mol. The molecule has 0 aromatic heterocycles. The van der Waals surface area contributed by atoms with Gasteiger partial charge in [-0.15, -0.1) is 0 Å². The van der Waals surface area contributed by atoms with Gasteiger partial charge in [-0.2, -0.15) is 13.2 Å². The summed E-state index contributed by atoms with van der Waals surface area (Å²) in [7, 11) is 0. The topological polar surface area (TPSA) is 0 Å². The summed E-state index contributed by atoms with van der Waals surface area (Å²) in [6, 6.07) is 5.34. The lowest BCUT2D eigenvalue weighted by atomic mass is 9.91. The molecule has 2 rings (SSSR count). The minimum Gasteiger partial charge on any atom is -0.166 e. The number of alkyl halides is 3. The van der Waals surface area contributed by atoms with E-state index in [4.69, 9.17) is 0 Å². The summed E-state index contributed by atoms with van der Waals surface area (Å²) in [6.45, 7) is 2.13. The minimum atomic E-state index is -4.26. The summed E-state index contributed by atoms with van der Waals surface area (Å²) >= 11 is 0. The molecular weight excluding hydrogens is 237 g/mol. The van der Waals surface area contributed by atoms with Crippen molar-refractivity contribution >= 4 is 5.57 Å². The van der Waals surface area contributed by atoms with Gasteiger partial charge in [0.2, 0.25) is 0 Å². The van der Waals surface area contributed by atoms with E-state index in [2.05, 4.69) is 19.1 Å². The van der Waals surface area contributed by atoms with Gasteiger partial charge < -0.3 is 0 Å². The fourth-order valence-electron chi connectivity index (χ4n) is 2.03. The van der Waals surface area contributed by atoms with Gasteiger partial charge in [-0.05, 0) is 42.0 Å². The van der Waals surface area contributed by atoms with E-state index >= 15 is 0 Å². The Morgan fingerprint density at radius 2 is 1.83 bits per heavy atom. The molecule has 0 fully saturated rings. The Morgan fingerprint density at radius 1 is 1.17 bits per heavy atom. The van der Waals surface area contributed by atoms with Crippen LogP contribution in [0.3, 0.4) is 0 Å². The van der Waals surface area contributed by atoms with Gasteiger partial charge in [-0.3, -0.25) is 0 Å². The van der Waals surface area contributed by atoms with Crippen LogP contribution >= 0.6 is 0 Å². The zero-order valence-corrected chi connectivity index (χ0v) is 10.2.